The monoisotopic (exact) mass is 387 g/mol. The second kappa shape index (κ2) is 5.57. The molecule has 5 rings (SSSR count). The lowest BCUT2D eigenvalue weighted by Crippen LogP contribution is -2.72. The number of carbonyl (C=O) groups is 1. The van der Waals surface area contributed by atoms with Crippen LogP contribution >= 0.6 is 0 Å². The number of piperidine rings is 1. The normalized spacial score (nSPS) is 48.4. The highest BCUT2D eigenvalue weighted by molar-refractivity contribution is 6.06. The van der Waals surface area contributed by atoms with Crippen LogP contribution in [0.4, 0.5) is 0 Å². The molecule has 6 atom stereocenters. The van der Waals surface area contributed by atoms with E-state index in [-0.39, 0.29) is 28.1 Å². The number of hydrogen-bond acceptors (Lipinski definition) is 5. The average molecular weight is 388 g/mol. The number of aliphatic hydroxyl groups is 1. The van der Waals surface area contributed by atoms with Gasteiger partial charge in [-0.2, -0.15) is 0 Å². The molecule has 5 bridgehead atoms. The Bertz CT molecular complexity index is 798. The van der Waals surface area contributed by atoms with Crippen LogP contribution in [0.25, 0.3) is 0 Å². The second-order valence-electron chi connectivity index (χ2n) is 9.78. The van der Waals surface area contributed by atoms with Gasteiger partial charge >= 0.3 is 0 Å². The van der Waals surface area contributed by atoms with E-state index in [9.17, 15) is 9.90 Å². The van der Waals surface area contributed by atoms with Crippen LogP contribution in [0.3, 0.4) is 0 Å². The molecular weight excluding hydrogens is 354 g/mol. The summed E-state index contributed by atoms with van der Waals surface area (Å²) in [5.41, 5.74) is 1.60. The first-order valence-electron chi connectivity index (χ1n) is 10.8. The second-order valence-corrected chi connectivity index (χ2v) is 9.78. The van der Waals surface area contributed by atoms with Gasteiger partial charge in [-0.05, 0) is 55.2 Å². The predicted molar refractivity (Wildman–Crippen MR) is 106 cm³/mol. The van der Waals surface area contributed by atoms with E-state index in [1.54, 1.807) is 6.08 Å². The molecule has 2 saturated carbocycles. The Morgan fingerprint density at radius 3 is 2.61 bits per heavy atom. The molecule has 0 aromatic rings. The number of ketones is 1. The summed E-state index contributed by atoms with van der Waals surface area (Å²) >= 11 is 0. The lowest BCUT2D eigenvalue weighted by atomic mass is 9.46. The molecule has 28 heavy (non-hydrogen) atoms. The summed E-state index contributed by atoms with van der Waals surface area (Å²) in [5.74, 6) is -0.840. The molecule has 154 valence electrons. The summed E-state index contributed by atoms with van der Waals surface area (Å²) in [6.45, 7) is 8.89. The molecule has 5 heteroatoms. The topological polar surface area (TPSA) is 59.0 Å². The van der Waals surface area contributed by atoms with Crippen molar-refractivity contribution in [2.75, 3.05) is 27.3 Å². The summed E-state index contributed by atoms with van der Waals surface area (Å²) < 4.78 is 11.1. The fourth-order valence-electron chi connectivity index (χ4n) is 8.57. The van der Waals surface area contributed by atoms with Gasteiger partial charge in [-0.1, -0.05) is 26.8 Å². The average Bonchev–Trinajstić information content (AvgIpc) is 3.11. The Balaban J connectivity index is 1.80. The molecule has 1 heterocycles. The molecule has 1 aliphatic heterocycles. The number of hydrogen-bond donors (Lipinski definition) is 1. The lowest BCUT2D eigenvalue weighted by molar-refractivity contribution is -0.191. The van der Waals surface area contributed by atoms with Crippen LogP contribution in [-0.2, 0) is 14.3 Å². The van der Waals surface area contributed by atoms with Crippen molar-refractivity contribution in [3.05, 3.63) is 23.3 Å². The maximum absolute atomic E-state index is 13.7. The predicted octanol–water partition coefficient (Wildman–Crippen LogP) is 2.69. The fourth-order valence-corrected chi connectivity index (χ4v) is 8.57. The highest BCUT2D eigenvalue weighted by Crippen LogP contribution is 2.79. The van der Waals surface area contributed by atoms with Gasteiger partial charge < -0.3 is 14.6 Å². The van der Waals surface area contributed by atoms with Gasteiger partial charge in [-0.15, -0.1) is 0 Å². The van der Waals surface area contributed by atoms with Crippen molar-refractivity contribution >= 4 is 5.78 Å². The van der Waals surface area contributed by atoms with Crippen LogP contribution < -0.4 is 0 Å². The quantitative estimate of drug-likeness (QED) is 0.752. The minimum Gasteiger partial charge on any atom is -0.392 e. The zero-order valence-corrected chi connectivity index (χ0v) is 17.7. The minimum atomic E-state index is -1.33. The number of ether oxygens (including phenoxy) is 2. The number of likely N-dealkylation sites (tertiary alicyclic amines) is 1. The van der Waals surface area contributed by atoms with Crippen molar-refractivity contribution < 1.29 is 19.4 Å². The van der Waals surface area contributed by atoms with Gasteiger partial charge in [0, 0.05) is 43.2 Å². The Morgan fingerprint density at radius 2 is 2.00 bits per heavy atom. The highest BCUT2D eigenvalue weighted by atomic mass is 16.7. The molecule has 1 spiro atoms. The Hall–Kier alpha value is -1.01. The maximum Gasteiger partial charge on any atom is 0.253 e. The molecule has 3 fully saturated rings. The van der Waals surface area contributed by atoms with Crippen LogP contribution in [0.5, 0.6) is 0 Å². The molecule has 5 nitrogen and oxygen atoms in total. The van der Waals surface area contributed by atoms with Crippen LogP contribution in [0.15, 0.2) is 23.3 Å². The number of allylic oxidation sites excluding steroid dienone is 1. The molecule has 0 aromatic heterocycles. The van der Waals surface area contributed by atoms with Crippen LogP contribution in [0.2, 0.25) is 0 Å². The molecule has 1 saturated heterocycles. The van der Waals surface area contributed by atoms with E-state index < -0.39 is 11.9 Å². The third kappa shape index (κ3) is 1.63. The number of carbonyl (C=O) groups excluding carboxylic acids is 1. The van der Waals surface area contributed by atoms with Gasteiger partial charge in [0.05, 0.1) is 6.10 Å². The number of nitrogens with zero attached hydrogens (tertiary/aromatic N) is 1. The Kier molecular flexibility index (Phi) is 3.78. The number of fused-ring (bicyclic) bond motifs is 1. The Morgan fingerprint density at radius 1 is 1.29 bits per heavy atom. The van der Waals surface area contributed by atoms with Gasteiger partial charge in [0.15, 0.2) is 0 Å². The minimum absolute atomic E-state index is 0.0643. The first kappa shape index (κ1) is 19.0. The molecule has 0 amide bonds. The van der Waals surface area contributed by atoms with Crippen LogP contribution in [0.1, 0.15) is 46.5 Å². The molecule has 0 aromatic carbocycles. The van der Waals surface area contributed by atoms with Gasteiger partial charge in [0.2, 0.25) is 5.78 Å². The summed E-state index contributed by atoms with van der Waals surface area (Å²) in [4.78, 5) is 16.3. The van der Waals surface area contributed by atoms with E-state index in [2.05, 4.69) is 31.7 Å². The van der Waals surface area contributed by atoms with E-state index in [0.29, 0.717) is 5.92 Å². The largest absolute Gasteiger partial charge is 0.392 e. The smallest absolute Gasteiger partial charge is 0.253 e. The van der Waals surface area contributed by atoms with Crippen molar-refractivity contribution in [1.82, 2.24) is 4.90 Å². The molecule has 0 unspecified atom stereocenters. The molecule has 4 aliphatic carbocycles. The third-order valence-corrected chi connectivity index (χ3v) is 9.43. The molecule has 0 radical (unpaired) electrons. The van der Waals surface area contributed by atoms with E-state index >= 15 is 0 Å². The first-order valence-corrected chi connectivity index (χ1v) is 10.8. The van der Waals surface area contributed by atoms with Gasteiger partial charge in [0.1, 0.15) is 0 Å². The van der Waals surface area contributed by atoms with Crippen molar-refractivity contribution in [2.45, 2.75) is 63.9 Å². The SMILES string of the molecule is CCN1C[C@]2(C)CC[C@H](O)[C@@]34C5=C(C(=O)C(OC)(OC)C=C5)[C@@H](C[C@H]23)[C@@]14CC. The van der Waals surface area contributed by atoms with Gasteiger partial charge in [0.25, 0.3) is 5.79 Å². The lowest BCUT2D eigenvalue weighted by Gasteiger charge is -2.66. The van der Waals surface area contributed by atoms with Crippen molar-refractivity contribution in [2.24, 2.45) is 22.7 Å². The van der Waals surface area contributed by atoms with Crippen molar-refractivity contribution in [3.8, 4) is 0 Å². The van der Waals surface area contributed by atoms with E-state index in [1.165, 1.54) is 14.2 Å². The van der Waals surface area contributed by atoms with Crippen LogP contribution in [-0.4, -0.2) is 60.5 Å². The van der Waals surface area contributed by atoms with Gasteiger partial charge in [-0.25, -0.2) is 0 Å². The highest BCUT2D eigenvalue weighted by Gasteiger charge is 2.81. The van der Waals surface area contributed by atoms with Crippen molar-refractivity contribution in [1.29, 1.82) is 0 Å². The number of aliphatic hydroxyl groups excluding tert-OH is 1. The van der Waals surface area contributed by atoms with Gasteiger partial charge in [-0.3, -0.25) is 9.69 Å². The maximum atomic E-state index is 13.7. The Labute approximate surface area is 167 Å². The number of rotatable bonds is 4. The van der Waals surface area contributed by atoms with E-state index in [1.807, 2.05) is 0 Å². The van der Waals surface area contributed by atoms with E-state index in [4.69, 9.17) is 9.47 Å². The third-order valence-electron chi connectivity index (χ3n) is 9.43. The number of methoxy groups -OCH3 is 2. The molecule has 5 aliphatic rings. The summed E-state index contributed by atoms with van der Waals surface area (Å²) in [6.07, 6.45) is 7.23. The first-order chi connectivity index (χ1) is 13.3. The van der Waals surface area contributed by atoms with Crippen molar-refractivity contribution in [3.63, 3.8) is 0 Å². The summed E-state index contributed by atoms with van der Waals surface area (Å²) in [5, 5.41) is 11.6. The molecular formula is C23H33NO4. The van der Waals surface area contributed by atoms with Crippen LogP contribution in [0, 0.1) is 22.7 Å². The fraction of sp³-hybridized carbons (Fsp3) is 0.783. The summed E-state index contributed by atoms with van der Waals surface area (Å²) in [7, 11) is 3.06. The molecule has 1 N–H and O–H groups in total. The zero-order valence-electron chi connectivity index (χ0n) is 17.7. The zero-order chi connectivity index (χ0) is 20.1. The van der Waals surface area contributed by atoms with E-state index in [0.717, 1.165) is 49.9 Å². The standard InChI is InChI=1S/C23H33NO4/c1-6-21-15-12-16-20(3,13-24(21)7-2)10-9-17(25)23(16,21)14-8-11-22(27-4,28-5)19(26)18(14)15/h8,11,15-17,25H,6-7,9-10,12-13H2,1-5H3/t15-,16-,17+,20+,21-,23-/m1/s1. The summed E-state index contributed by atoms with van der Waals surface area (Å²) in [6, 6.07) is 0. The number of Topliss-reactive ketones (excluding diaryl/α,β-unsaturated/α-hetero) is 1.